The molecule has 7 nitrogen and oxygen atoms in total. The number of hydrogen-bond donors (Lipinski definition) is 1. The summed E-state index contributed by atoms with van der Waals surface area (Å²) in [6.45, 7) is 3.95. The number of benzene rings is 1. The van der Waals surface area contributed by atoms with Crippen LogP contribution < -0.4 is 5.32 Å². The first-order valence-electron chi connectivity index (χ1n) is 8.47. The second kappa shape index (κ2) is 8.59. The Morgan fingerprint density at radius 1 is 1.30 bits per heavy atom. The minimum absolute atomic E-state index is 0.422. The Labute approximate surface area is 161 Å². The number of carbonyl (C=O) groups is 2. The number of nitrogens with one attached hydrogen (secondary N) is 1. The summed E-state index contributed by atoms with van der Waals surface area (Å²) in [6.07, 6.45) is 3.15. The van der Waals surface area contributed by atoms with Crippen LogP contribution >= 0.6 is 11.3 Å². The van der Waals surface area contributed by atoms with Gasteiger partial charge in [-0.05, 0) is 6.92 Å². The Hall–Kier alpha value is -3.00. The van der Waals surface area contributed by atoms with Gasteiger partial charge < -0.3 is 10.1 Å². The summed E-state index contributed by atoms with van der Waals surface area (Å²) in [5.41, 5.74) is 4.03. The second-order valence-corrected chi connectivity index (χ2v) is 6.93. The Kier molecular flexibility index (Phi) is 5.97. The first-order chi connectivity index (χ1) is 13.0. The van der Waals surface area contributed by atoms with Crippen LogP contribution in [0.1, 0.15) is 29.2 Å². The number of rotatable bonds is 7. The summed E-state index contributed by atoms with van der Waals surface area (Å²) in [5, 5.41) is 7.03. The summed E-state index contributed by atoms with van der Waals surface area (Å²) in [7, 11) is 0. The lowest BCUT2D eigenvalue weighted by molar-refractivity contribution is -0.152. The molecule has 3 aromatic rings. The summed E-state index contributed by atoms with van der Waals surface area (Å²) in [5.74, 6) is -0.941. The van der Waals surface area contributed by atoms with Gasteiger partial charge in [-0.25, -0.2) is 4.98 Å². The third-order valence-corrected chi connectivity index (χ3v) is 4.93. The van der Waals surface area contributed by atoms with Gasteiger partial charge in [0.15, 0.2) is 0 Å². The van der Waals surface area contributed by atoms with Crippen LogP contribution in [0.25, 0.3) is 0 Å². The molecule has 3 rings (SSSR count). The third-order valence-electron chi connectivity index (χ3n) is 3.94. The van der Waals surface area contributed by atoms with Crippen molar-refractivity contribution in [3.05, 3.63) is 64.4 Å². The van der Waals surface area contributed by atoms with E-state index in [0.29, 0.717) is 17.8 Å². The maximum absolute atomic E-state index is 12.6. The van der Waals surface area contributed by atoms with Crippen LogP contribution in [0.15, 0.2) is 48.2 Å². The predicted octanol–water partition coefficient (Wildman–Crippen LogP) is 3.13. The van der Waals surface area contributed by atoms with Crippen molar-refractivity contribution in [1.82, 2.24) is 14.8 Å². The normalized spacial score (nSPS) is 11.8. The molecule has 0 bridgehead atoms. The molecule has 0 aliphatic rings. The molecule has 1 aromatic carbocycles. The van der Waals surface area contributed by atoms with Crippen molar-refractivity contribution < 1.29 is 14.3 Å². The van der Waals surface area contributed by atoms with Crippen LogP contribution in [0.3, 0.4) is 0 Å². The fraction of sp³-hybridized carbons (Fsp3) is 0.263. The average molecular weight is 384 g/mol. The number of anilines is 1. The molecular weight excluding hydrogens is 364 g/mol. The molecule has 0 unspecified atom stereocenters. The van der Waals surface area contributed by atoms with Gasteiger partial charge in [0.25, 0.3) is 5.91 Å². The van der Waals surface area contributed by atoms with E-state index in [0.717, 1.165) is 12.1 Å². The molecule has 1 amide bonds. The molecule has 2 heterocycles. The maximum atomic E-state index is 12.6. The van der Waals surface area contributed by atoms with E-state index in [9.17, 15) is 9.59 Å². The molecule has 0 aliphatic carbocycles. The van der Waals surface area contributed by atoms with E-state index in [1.807, 2.05) is 18.5 Å². The smallest absolute Gasteiger partial charge is 0.303 e. The van der Waals surface area contributed by atoms with E-state index in [-0.39, 0.29) is 0 Å². The number of hydrogen-bond acceptors (Lipinski definition) is 6. The number of ether oxygens (including phenoxy) is 1. The van der Waals surface area contributed by atoms with E-state index in [4.69, 9.17) is 4.74 Å². The van der Waals surface area contributed by atoms with Gasteiger partial charge in [0.05, 0.1) is 23.1 Å². The zero-order valence-corrected chi connectivity index (χ0v) is 15.9. The van der Waals surface area contributed by atoms with Crippen molar-refractivity contribution in [2.24, 2.45) is 0 Å². The van der Waals surface area contributed by atoms with Gasteiger partial charge in [-0.2, -0.15) is 5.10 Å². The van der Waals surface area contributed by atoms with Crippen molar-refractivity contribution in [2.75, 3.05) is 5.32 Å². The number of nitrogens with zero attached hydrogens (tertiary/aromatic N) is 3. The molecule has 140 valence electrons. The number of aryl methyl sites for hydroxylation is 3. The summed E-state index contributed by atoms with van der Waals surface area (Å²) in [6, 6.07) is 8.90. The average Bonchev–Trinajstić information content (AvgIpc) is 3.27. The fourth-order valence-corrected chi connectivity index (χ4v) is 3.38. The molecule has 0 aliphatic heterocycles. The molecule has 2 aromatic heterocycles. The number of thiazole rings is 1. The van der Waals surface area contributed by atoms with E-state index in [1.54, 1.807) is 52.7 Å². The molecule has 0 spiro atoms. The summed E-state index contributed by atoms with van der Waals surface area (Å²) in [4.78, 5) is 29.5. The van der Waals surface area contributed by atoms with E-state index in [1.165, 1.54) is 11.8 Å². The first-order valence-corrected chi connectivity index (χ1v) is 9.35. The monoisotopic (exact) mass is 384 g/mol. The van der Waals surface area contributed by atoms with Gasteiger partial charge in [0.2, 0.25) is 6.10 Å². The van der Waals surface area contributed by atoms with Gasteiger partial charge in [-0.3, -0.25) is 14.3 Å². The molecule has 0 saturated heterocycles. The fourth-order valence-electron chi connectivity index (χ4n) is 2.61. The zero-order valence-electron chi connectivity index (χ0n) is 15.1. The van der Waals surface area contributed by atoms with Crippen molar-refractivity contribution in [1.29, 1.82) is 0 Å². The Balaban J connectivity index is 1.64. The lowest BCUT2D eigenvalue weighted by atomic mass is 10.1. The molecule has 0 fully saturated rings. The maximum Gasteiger partial charge on any atom is 0.303 e. The first kappa shape index (κ1) is 18.8. The van der Waals surface area contributed by atoms with Gasteiger partial charge in [0, 0.05) is 36.5 Å². The highest BCUT2D eigenvalue weighted by atomic mass is 32.1. The molecule has 1 N–H and O–H groups in total. The van der Waals surface area contributed by atoms with Crippen LogP contribution in [0.5, 0.6) is 0 Å². The zero-order chi connectivity index (χ0) is 19.2. The quantitative estimate of drug-likeness (QED) is 0.633. The highest BCUT2D eigenvalue weighted by molar-refractivity contribution is 7.09. The lowest BCUT2D eigenvalue weighted by Crippen LogP contribution is -2.24. The molecule has 8 heteroatoms. The van der Waals surface area contributed by atoms with Crippen LogP contribution in [0.4, 0.5) is 5.69 Å². The van der Waals surface area contributed by atoms with Crippen molar-refractivity contribution in [2.45, 2.75) is 32.9 Å². The number of amides is 1. The molecule has 0 radical (unpaired) electrons. The number of aromatic nitrogens is 3. The number of carbonyl (C=O) groups excluding carboxylic acids is 2. The molecule has 27 heavy (non-hydrogen) atoms. The standard InChI is InChI=1S/C19H20N4O3S/c1-13-17(27-12-20-13)8-9-23-11-16(10-21-23)22-19(25)18(26-14(2)24)15-6-4-3-5-7-15/h3-7,10-12,18H,8-9H2,1-2H3,(H,22,25)/t18-/m1/s1. The molecular formula is C19H20N4O3S. The van der Waals surface area contributed by atoms with Crippen molar-refractivity contribution >= 4 is 28.9 Å². The van der Waals surface area contributed by atoms with Crippen molar-refractivity contribution in [3.63, 3.8) is 0 Å². The van der Waals surface area contributed by atoms with Crippen LogP contribution in [-0.4, -0.2) is 26.6 Å². The SMILES string of the molecule is CC(=O)O[C@@H](C(=O)Nc1cnn(CCc2scnc2C)c1)c1ccccc1. The number of esters is 1. The van der Waals surface area contributed by atoms with Crippen LogP contribution in [0.2, 0.25) is 0 Å². The van der Waals surface area contributed by atoms with E-state index >= 15 is 0 Å². The van der Waals surface area contributed by atoms with Crippen LogP contribution in [-0.2, 0) is 27.3 Å². The Morgan fingerprint density at radius 3 is 2.74 bits per heavy atom. The largest absolute Gasteiger partial charge is 0.447 e. The predicted molar refractivity (Wildman–Crippen MR) is 102 cm³/mol. The Bertz CT molecular complexity index is 920. The van der Waals surface area contributed by atoms with Gasteiger partial charge >= 0.3 is 5.97 Å². The highest BCUT2D eigenvalue weighted by Crippen LogP contribution is 2.20. The van der Waals surface area contributed by atoms with Gasteiger partial charge in [-0.1, -0.05) is 30.3 Å². The molecule has 1 atom stereocenters. The van der Waals surface area contributed by atoms with Crippen LogP contribution in [0, 0.1) is 6.92 Å². The molecule has 0 saturated carbocycles. The topological polar surface area (TPSA) is 86.1 Å². The van der Waals surface area contributed by atoms with E-state index in [2.05, 4.69) is 15.4 Å². The van der Waals surface area contributed by atoms with Crippen molar-refractivity contribution in [3.8, 4) is 0 Å². The minimum Gasteiger partial charge on any atom is -0.447 e. The Morgan fingerprint density at radius 2 is 2.07 bits per heavy atom. The highest BCUT2D eigenvalue weighted by Gasteiger charge is 2.24. The summed E-state index contributed by atoms with van der Waals surface area (Å²) >= 11 is 1.62. The summed E-state index contributed by atoms with van der Waals surface area (Å²) < 4.78 is 6.97. The minimum atomic E-state index is -1.01. The van der Waals surface area contributed by atoms with E-state index < -0.39 is 18.0 Å². The van der Waals surface area contributed by atoms with Gasteiger partial charge in [-0.15, -0.1) is 11.3 Å². The van der Waals surface area contributed by atoms with Gasteiger partial charge in [0.1, 0.15) is 0 Å². The third kappa shape index (κ3) is 5.01. The second-order valence-electron chi connectivity index (χ2n) is 5.99. The lowest BCUT2D eigenvalue weighted by Gasteiger charge is -2.16.